The van der Waals surface area contributed by atoms with Crippen LogP contribution in [0.3, 0.4) is 0 Å². The Kier molecular flexibility index (Phi) is 45.7. The Morgan fingerprint density at radius 1 is 0.469 bits per heavy atom. The summed E-state index contributed by atoms with van der Waals surface area (Å²) in [5.41, 5.74) is 0. The van der Waals surface area contributed by atoms with Gasteiger partial charge in [0, 0.05) is 19.3 Å². The van der Waals surface area contributed by atoms with E-state index in [-0.39, 0.29) is 42.7 Å². The molecule has 0 aromatic carbocycles. The normalized spacial score (nSPS) is 13.0. The molecule has 0 aliphatic rings. The van der Waals surface area contributed by atoms with E-state index in [1.165, 1.54) is 186 Å². The van der Waals surface area contributed by atoms with Crippen LogP contribution in [-0.4, -0.2) is 75.5 Å². The van der Waals surface area contributed by atoms with Crippen molar-refractivity contribution >= 4 is 17.9 Å². The monoisotopic (exact) mass is 904 g/mol. The zero-order chi connectivity index (χ0) is 47.0. The van der Waals surface area contributed by atoms with E-state index < -0.39 is 18.1 Å². The van der Waals surface area contributed by atoms with E-state index in [0.29, 0.717) is 12.8 Å². The van der Waals surface area contributed by atoms with E-state index in [1.54, 1.807) is 0 Å². The third-order valence-electron chi connectivity index (χ3n) is 12.6. The minimum absolute atomic E-state index is 0.0438. The number of unbranched alkanes of at least 4 members (excludes halogenated alkanes) is 32. The molecule has 0 bridgehead atoms. The molecule has 0 fully saturated rings. The zero-order valence-electron chi connectivity index (χ0n) is 43.0. The molecule has 0 rings (SSSR count). The van der Waals surface area contributed by atoms with Gasteiger partial charge in [-0.2, -0.15) is 0 Å². The maximum atomic E-state index is 12.8. The van der Waals surface area contributed by atoms with Crippen molar-refractivity contribution in [2.45, 2.75) is 276 Å². The molecule has 0 aliphatic heterocycles. The van der Waals surface area contributed by atoms with Crippen LogP contribution >= 0.6 is 0 Å². The van der Waals surface area contributed by atoms with Gasteiger partial charge in [-0.1, -0.05) is 224 Å². The lowest BCUT2D eigenvalue weighted by Crippen LogP contribution is -2.55. The van der Waals surface area contributed by atoms with Crippen molar-refractivity contribution in [2.24, 2.45) is 0 Å². The minimum atomic E-state index is -1.12. The molecule has 64 heavy (non-hydrogen) atoms. The van der Waals surface area contributed by atoms with E-state index in [1.807, 2.05) is 21.1 Å². The van der Waals surface area contributed by atoms with Gasteiger partial charge in [0.05, 0.1) is 40.3 Å². The summed E-state index contributed by atoms with van der Waals surface area (Å²) < 4.78 is 17.3. The van der Waals surface area contributed by atoms with Gasteiger partial charge in [-0.15, -0.1) is 0 Å². The lowest BCUT2D eigenvalue weighted by atomic mass is 10.0. The lowest BCUT2D eigenvalue weighted by Gasteiger charge is -2.34. The maximum absolute atomic E-state index is 12.8. The maximum Gasteiger partial charge on any atom is 0.306 e. The molecule has 0 saturated heterocycles. The fourth-order valence-electron chi connectivity index (χ4n) is 8.34. The van der Waals surface area contributed by atoms with Gasteiger partial charge in [-0.05, 0) is 44.9 Å². The van der Waals surface area contributed by atoms with Crippen LogP contribution in [0.25, 0.3) is 0 Å². The van der Waals surface area contributed by atoms with Gasteiger partial charge in [-0.25, -0.2) is 0 Å². The second-order valence-corrected chi connectivity index (χ2v) is 19.8. The summed E-state index contributed by atoms with van der Waals surface area (Å²) in [5, 5.41) is 11.7. The third-order valence-corrected chi connectivity index (χ3v) is 12.6. The van der Waals surface area contributed by atoms with Crippen LogP contribution in [0.4, 0.5) is 0 Å². The summed E-state index contributed by atoms with van der Waals surface area (Å²) in [4.78, 5) is 37.1. The summed E-state index contributed by atoms with van der Waals surface area (Å²) in [6.45, 7) is 4.68. The molecule has 0 saturated carbocycles. The smallest absolute Gasteiger partial charge is 0.306 e. The van der Waals surface area contributed by atoms with Crippen molar-refractivity contribution < 1.29 is 38.2 Å². The molecule has 0 radical (unpaired) electrons. The predicted octanol–water partition coefficient (Wildman–Crippen LogP) is 14.6. The first-order valence-corrected chi connectivity index (χ1v) is 27.4. The van der Waals surface area contributed by atoms with Crippen LogP contribution in [0.5, 0.6) is 0 Å². The summed E-state index contributed by atoms with van der Waals surface area (Å²) >= 11 is 0. The number of rotatable bonds is 50. The average Bonchev–Trinajstić information content (AvgIpc) is 3.26. The van der Waals surface area contributed by atoms with Gasteiger partial charge in [-0.3, -0.25) is 9.59 Å². The standard InChI is InChI=1S/C56H105NO7/c1-6-8-10-12-14-16-18-20-22-24-26-27-29-30-32-34-36-38-40-42-44-46-54(58)63-51-52(50-62-49-48-53(56(60)61)57(3,4)5)64-55(59)47-45-43-41-39-37-35-33-31-28-25-23-21-19-17-15-13-11-9-7-2/h15,17,21,23,52-53H,6-14,16,18-20,22,24-51H2,1-5H3/b17-15-,23-21-. The highest BCUT2D eigenvalue weighted by molar-refractivity contribution is 5.70. The minimum Gasteiger partial charge on any atom is -0.544 e. The zero-order valence-corrected chi connectivity index (χ0v) is 43.0. The van der Waals surface area contributed by atoms with E-state index in [2.05, 4.69) is 38.2 Å². The SMILES string of the molecule is CCCCC/C=C\C/C=C\CCCCCCCCCCCC(=O)OC(COCCC(C(=O)[O-])[N+](C)(C)C)COC(=O)CCCCCCCCCCCCCCCCCCCCCCC. The molecule has 0 spiro atoms. The number of carbonyl (C=O) groups excluding carboxylic acids is 3. The first-order chi connectivity index (χ1) is 31.1. The number of esters is 2. The number of hydrogen-bond acceptors (Lipinski definition) is 7. The molecule has 0 heterocycles. The summed E-state index contributed by atoms with van der Waals surface area (Å²) in [5.74, 6) is -1.72. The number of carboxylic acid groups (broad SMARTS) is 1. The fourth-order valence-corrected chi connectivity index (χ4v) is 8.34. The largest absolute Gasteiger partial charge is 0.544 e. The van der Waals surface area contributed by atoms with Gasteiger partial charge < -0.3 is 28.6 Å². The van der Waals surface area contributed by atoms with Crippen molar-refractivity contribution in [1.29, 1.82) is 0 Å². The number of carbonyl (C=O) groups is 3. The Bertz CT molecular complexity index is 1100. The van der Waals surface area contributed by atoms with E-state index in [4.69, 9.17) is 14.2 Å². The lowest BCUT2D eigenvalue weighted by molar-refractivity contribution is -0.889. The Hall–Kier alpha value is -2.19. The van der Waals surface area contributed by atoms with Crippen molar-refractivity contribution in [3.8, 4) is 0 Å². The van der Waals surface area contributed by atoms with Crippen LogP contribution in [-0.2, 0) is 28.6 Å². The average molecular weight is 904 g/mol. The number of allylic oxidation sites excluding steroid dienone is 4. The van der Waals surface area contributed by atoms with E-state index >= 15 is 0 Å². The van der Waals surface area contributed by atoms with Crippen LogP contribution in [0, 0.1) is 0 Å². The highest BCUT2D eigenvalue weighted by Crippen LogP contribution is 2.17. The van der Waals surface area contributed by atoms with Gasteiger partial charge in [0.25, 0.3) is 0 Å². The molecule has 0 aromatic rings. The number of quaternary nitrogens is 1. The number of aliphatic carboxylic acids is 1. The van der Waals surface area contributed by atoms with Gasteiger partial charge in [0.1, 0.15) is 12.6 Å². The number of hydrogen-bond donors (Lipinski definition) is 0. The Balaban J connectivity index is 4.17. The molecule has 8 nitrogen and oxygen atoms in total. The molecular formula is C56H105NO7. The fraction of sp³-hybridized carbons (Fsp3) is 0.875. The first kappa shape index (κ1) is 61.8. The Morgan fingerprint density at radius 3 is 1.23 bits per heavy atom. The Labute approximate surface area is 396 Å². The van der Waals surface area contributed by atoms with Crippen molar-refractivity contribution in [1.82, 2.24) is 0 Å². The molecule has 2 atom stereocenters. The topological polar surface area (TPSA) is 102 Å². The number of likely N-dealkylation sites (N-methyl/N-ethyl adjacent to an activating group) is 1. The Morgan fingerprint density at radius 2 is 0.828 bits per heavy atom. The van der Waals surface area contributed by atoms with Crippen LogP contribution < -0.4 is 5.11 Å². The molecule has 0 amide bonds. The molecule has 8 heteroatoms. The van der Waals surface area contributed by atoms with Gasteiger partial charge in [0.15, 0.2) is 6.10 Å². The quantitative estimate of drug-likeness (QED) is 0.0259. The van der Waals surface area contributed by atoms with Gasteiger partial charge >= 0.3 is 11.9 Å². The van der Waals surface area contributed by atoms with Crippen LogP contribution in [0.1, 0.15) is 264 Å². The van der Waals surface area contributed by atoms with E-state index in [9.17, 15) is 19.5 Å². The molecule has 0 N–H and O–H groups in total. The van der Waals surface area contributed by atoms with Crippen molar-refractivity contribution in [3.05, 3.63) is 24.3 Å². The molecule has 0 aromatic heterocycles. The summed E-state index contributed by atoms with van der Waals surface area (Å²) in [6, 6.07) is -0.724. The number of carboxylic acids is 1. The molecular weight excluding hydrogens is 799 g/mol. The number of ether oxygens (including phenoxy) is 3. The van der Waals surface area contributed by atoms with Crippen molar-refractivity contribution in [3.63, 3.8) is 0 Å². The van der Waals surface area contributed by atoms with Crippen LogP contribution in [0.15, 0.2) is 24.3 Å². The van der Waals surface area contributed by atoms with E-state index in [0.717, 1.165) is 44.9 Å². The highest BCUT2D eigenvalue weighted by Gasteiger charge is 2.25. The summed E-state index contributed by atoms with van der Waals surface area (Å²) in [6.07, 6.45) is 54.9. The van der Waals surface area contributed by atoms with Crippen molar-refractivity contribution in [2.75, 3.05) is 41.0 Å². The second-order valence-electron chi connectivity index (χ2n) is 19.8. The molecule has 2 unspecified atom stereocenters. The molecule has 0 aliphatic carbocycles. The predicted molar refractivity (Wildman–Crippen MR) is 268 cm³/mol. The second kappa shape index (κ2) is 47.3. The molecule has 376 valence electrons. The van der Waals surface area contributed by atoms with Gasteiger partial charge in [0.2, 0.25) is 0 Å². The number of nitrogens with zero attached hydrogens (tertiary/aromatic N) is 1. The first-order valence-electron chi connectivity index (χ1n) is 27.4. The highest BCUT2D eigenvalue weighted by atomic mass is 16.6. The van der Waals surface area contributed by atoms with Crippen LogP contribution in [0.2, 0.25) is 0 Å². The summed E-state index contributed by atoms with van der Waals surface area (Å²) in [7, 11) is 5.43. The third kappa shape index (κ3) is 45.0.